The van der Waals surface area contributed by atoms with E-state index in [1.165, 1.54) is 12.1 Å². The molecule has 1 fully saturated rings. The highest BCUT2D eigenvalue weighted by Crippen LogP contribution is 2.39. The van der Waals surface area contributed by atoms with E-state index in [1.807, 2.05) is 24.3 Å². The van der Waals surface area contributed by atoms with Crippen LogP contribution in [0.4, 0.5) is 4.39 Å². The highest BCUT2D eigenvalue weighted by molar-refractivity contribution is 5.48. The van der Waals surface area contributed by atoms with Crippen LogP contribution in [0.3, 0.4) is 0 Å². The van der Waals surface area contributed by atoms with Crippen LogP contribution in [-0.4, -0.2) is 43.9 Å². The third-order valence-electron chi connectivity index (χ3n) is 5.48. The first-order valence-electron chi connectivity index (χ1n) is 9.46. The molecule has 1 aliphatic heterocycles. The number of hydrogen-bond acceptors (Lipinski definition) is 4. The molecule has 146 valence electrons. The molecule has 4 nitrogen and oxygen atoms in total. The summed E-state index contributed by atoms with van der Waals surface area (Å²) in [5, 5.41) is 9.45. The maximum Gasteiger partial charge on any atom is 0.165 e. The van der Waals surface area contributed by atoms with E-state index in [0.717, 1.165) is 49.2 Å². The molecule has 0 bridgehead atoms. The Morgan fingerprint density at radius 2 is 1.78 bits per heavy atom. The van der Waals surface area contributed by atoms with Crippen LogP contribution in [-0.2, 0) is 6.42 Å². The van der Waals surface area contributed by atoms with Crippen molar-refractivity contribution in [2.45, 2.75) is 25.3 Å². The van der Waals surface area contributed by atoms with Crippen LogP contribution in [0, 0.1) is 11.7 Å². The molecule has 0 aromatic heterocycles. The van der Waals surface area contributed by atoms with Crippen LogP contribution < -0.4 is 9.47 Å². The Bertz CT molecular complexity index is 727. The smallest absolute Gasteiger partial charge is 0.165 e. The van der Waals surface area contributed by atoms with Gasteiger partial charge in [0.25, 0.3) is 0 Å². The second kappa shape index (κ2) is 9.20. The summed E-state index contributed by atoms with van der Waals surface area (Å²) in [6.45, 7) is 2.08. The molecule has 1 saturated heterocycles. The third kappa shape index (κ3) is 4.60. The average molecular weight is 373 g/mol. The zero-order valence-electron chi connectivity index (χ0n) is 16.0. The maximum absolute atomic E-state index is 13.3. The number of rotatable bonds is 7. The standard InChI is InChI=1S/C22H28FNO3/c1-26-21-5-3-4-19(22(21)27-2)20(14-16-6-8-18(23)9-7-16)24-12-10-17(15-25)11-13-24/h3-9,17,20,25H,10-15H2,1-2H3. The molecule has 0 spiro atoms. The lowest BCUT2D eigenvalue weighted by Crippen LogP contribution is -2.38. The van der Waals surface area contributed by atoms with E-state index in [-0.39, 0.29) is 18.5 Å². The van der Waals surface area contributed by atoms with Gasteiger partial charge in [-0.15, -0.1) is 0 Å². The van der Waals surface area contributed by atoms with Gasteiger partial charge in [-0.25, -0.2) is 4.39 Å². The Kier molecular flexibility index (Phi) is 6.69. The van der Waals surface area contributed by atoms with Crippen LogP contribution in [0.25, 0.3) is 0 Å². The fourth-order valence-corrected chi connectivity index (χ4v) is 3.90. The Morgan fingerprint density at radius 1 is 1.07 bits per heavy atom. The van der Waals surface area contributed by atoms with E-state index in [9.17, 15) is 9.50 Å². The van der Waals surface area contributed by atoms with E-state index < -0.39 is 0 Å². The molecule has 0 saturated carbocycles. The molecule has 0 amide bonds. The molecule has 3 rings (SSSR count). The Labute approximate surface area is 160 Å². The number of para-hydroxylation sites is 1. The Hall–Kier alpha value is -2.11. The summed E-state index contributed by atoms with van der Waals surface area (Å²) >= 11 is 0. The summed E-state index contributed by atoms with van der Waals surface area (Å²) in [5.74, 6) is 1.61. The second-order valence-electron chi connectivity index (χ2n) is 7.09. The molecule has 0 aliphatic carbocycles. The lowest BCUT2D eigenvalue weighted by molar-refractivity contribution is 0.0983. The van der Waals surface area contributed by atoms with Crippen molar-refractivity contribution in [3.8, 4) is 11.5 Å². The van der Waals surface area contributed by atoms with Gasteiger partial charge in [0.1, 0.15) is 5.82 Å². The Balaban J connectivity index is 1.93. The number of aliphatic hydroxyl groups excluding tert-OH is 1. The minimum absolute atomic E-state index is 0.0974. The molecular formula is C22H28FNO3. The van der Waals surface area contributed by atoms with Gasteiger partial charge >= 0.3 is 0 Å². The number of benzene rings is 2. The average Bonchev–Trinajstić information content (AvgIpc) is 2.72. The number of halogens is 1. The lowest BCUT2D eigenvalue weighted by atomic mass is 9.91. The minimum atomic E-state index is -0.224. The highest BCUT2D eigenvalue weighted by atomic mass is 19.1. The van der Waals surface area contributed by atoms with Crippen molar-refractivity contribution < 1.29 is 19.0 Å². The van der Waals surface area contributed by atoms with Crippen molar-refractivity contribution in [1.82, 2.24) is 4.90 Å². The fraction of sp³-hybridized carbons (Fsp3) is 0.455. The van der Waals surface area contributed by atoms with Crippen molar-refractivity contribution in [1.29, 1.82) is 0 Å². The van der Waals surface area contributed by atoms with E-state index >= 15 is 0 Å². The van der Waals surface area contributed by atoms with Gasteiger partial charge in [-0.3, -0.25) is 4.90 Å². The van der Waals surface area contributed by atoms with E-state index in [1.54, 1.807) is 14.2 Å². The molecule has 1 heterocycles. The van der Waals surface area contributed by atoms with Crippen LogP contribution in [0.1, 0.15) is 30.0 Å². The number of nitrogens with zero attached hydrogens (tertiary/aromatic N) is 1. The van der Waals surface area contributed by atoms with Crippen LogP contribution in [0.5, 0.6) is 11.5 Å². The molecule has 1 aliphatic rings. The summed E-state index contributed by atoms with van der Waals surface area (Å²) in [6.07, 6.45) is 2.71. The number of hydrogen-bond donors (Lipinski definition) is 1. The van der Waals surface area contributed by atoms with Gasteiger partial charge in [0, 0.05) is 18.2 Å². The van der Waals surface area contributed by atoms with Crippen molar-refractivity contribution in [3.05, 3.63) is 59.4 Å². The monoisotopic (exact) mass is 373 g/mol. The highest BCUT2D eigenvalue weighted by Gasteiger charge is 2.29. The molecule has 1 unspecified atom stereocenters. The first-order chi connectivity index (χ1) is 13.2. The Morgan fingerprint density at radius 3 is 2.37 bits per heavy atom. The molecule has 1 N–H and O–H groups in total. The normalized spacial score (nSPS) is 16.9. The van der Waals surface area contributed by atoms with Gasteiger partial charge in [-0.1, -0.05) is 24.3 Å². The van der Waals surface area contributed by atoms with Crippen LogP contribution >= 0.6 is 0 Å². The summed E-state index contributed by atoms with van der Waals surface area (Å²) in [4.78, 5) is 2.44. The maximum atomic E-state index is 13.3. The van der Waals surface area contributed by atoms with E-state index in [0.29, 0.717) is 11.7 Å². The topological polar surface area (TPSA) is 41.9 Å². The zero-order valence-corrected chi connectivity index (χ0v) is 16.0. The number of likely N-dealkylation sites (tertiary alicyclic amines) is 1. The largest absolute Gasteiger partial charge is 0.493 e. The van der Waals surface area contributed by atoms with Gasteiger partial charge in [0.15, 0.2) is 11.5 Å². The lowest BCUT2D eigenvalue weighted by Gasteiger charge is -2.38. The van der Waals surface area contributed by atoms with E-state index in [4.69, 9.17) is 9.47 Å². The van der Waals surface area contributed by atoms with Gasteiger partial charge < -0.3 is 14.6 Å². The minimum Gasteiger partial charge on any atom is -0.493 e. The summed E-state index contributed by atoms with van der Waals surface area (Å²) in [5.41, 5.74) is 2.15. The van der Waals surface area contributed by atoms with Crippen molar-refractivity contribution in [2.24, 2.45) is 5.92 Å². The van der Waals surface area contributed by atoms with Crippen molar-refractivity contribution in [3.63, 3.8) is 0 Å². The number of methoxy groups -OCH3 is 2. The summed E-state index contributed by atoms with van der Waals surface area (Å²) in [6, 6.07) is 12.8. The first-order valence-corrected chi connectivity index (χ1v) is 9.46. The summed E-state index contributed by atoms with van der Waals surface area (Å²) < 4.78 is 24.5. The number of aliphatic hydroxyl groups is 1. The first kappa shape index (κ1) is 19.6. The molecule has 0 radical (unpaired) electrons. The van der Waals surface area contributed by atoms with Crippen molar-refractivity contribution >= 4 is 0 Å². The molecule has 27 heavy (non-hydrogen) atoms. The molecule has 2 aromatic rings. The zero-order chi connectivity index (χ0) is 19.2. The van der Waals surface area contributed by atoms with Gasteiger partial charge in [0.05, 0.1) is 14.2 Å². The predicted molar refractivity (Wildman–Crippen MR) is 104 cm³/mol. The van der Waals surface area contributed by atoms with Crippen LogP contribution in [0.2, 0.25) is 0 Å². The fourth-order valence-electron chi connectivity index (χ4n) is 3.90. The van der Waals surface area contributed by atoms with Gasteiger partial charge in [0.2, 0.25) is 0 Å². The van der Waals surface area contributed by atoms with Gasteiger partial charge in [-0.2, -0.15) is 0 Å². The van der Waals surface area contributed by atoms with Crippen molar-refractivity contribution in [2.75, 3.05) is 33.9 Å². The molecule has 1 atom stereocenters. The van der Waals surface area contributed by atoms with Crippen LogP contribution in [0.15, 0.2) is 42.5 Å². The number of ether oxygens (including phenoxy) is 2. The quantitative estimate of drug-likeness (QED) is 0.801. The van der Waals surface area contributed by atoms with E-state index in [2.05, 4.69) is 11.0 Å². The molecule has 2 aromatic carbocycles. The van der Waals surface area contributed by atoms with Gasteiger partial charge in [-0.05, 0) is 62.0 Å². The molecular weight excluding hydrogens is 345 g/mol. The SMILES string of the molecule is COc1cccc(C(Cc2ccc(F)cc2)N2CCC(CO)CC2)c1OC. The third-order valence-corrected chi connectivity index (χ3v) is 5.48. The second-order valence-corrected chi connectivity index (χ2v) is 7.09. The molecule has 5 heteroatoms. The number of piperidine rings is 1. The summed E-state index contributed by atoms with van der Waals surface area (Å²) in [7, 11) is 3.30. The predicted octanol–water partition coefficient (Wildman–Crippen LogP) is 3.83.